The normalized spacial score (nSPS) is 19.9. The number of rotatable bonds is 5. The van der Waals surface area contributed by atoms with E-state index in [0.29, 0.717) is 30.0 Å². The van der Waals surface area contributed by atoms with Crippen molar-refractivity contribution in [3.8, 4) is 0 Å². The Labute approximate surface area is 165 Å². The van der Waals surface area contributed by atoms with Crippen LogP contribution in [0.1, 0.15) is 40.1 Å². The second-order valence-corrected chi connectivity index (χ2v) is 10.8. The minimum absolute atomic E-state index is 0.232. The van der Waals surface area contributed by atoms with Crippen molar-refractivity contribution in [2.75, 3.05) is 11.9 Å². The van der Waals surface area contributed by atoms with E-state index in [4.69, 9.17) is 5.73 Å². The van der Waals surface area contributed by atoms with Gasteiger partial charge in [-0.3, -0.25) is 9.59 Å². The van der Waals surface area contributed by atoms with Crippen LogP contribution in [0.4, 0.5) is 5.00 Å². The molecule has 144 valence electrons. The average molecular weight is 426 g/mol. The molecule has 1 saturated heterocycles. The van der Waals surface area contributed by atoms with Gasteiger partial charge in [-0.2, -0.15) is 4.31 Å². The molecule has 0 radical (unpaired) electrons. The average Bonchev–Trinajstić information content (AvgIpc) is 3.36. The summed E-state index contributed by atoms with van der Waals surface area (Å²) in [6.45, 7) is 0.307. The first-order valence-electron chi connectivity index (χ1n) is 8.70. The van der Waals surface area contributed by atoms with Gasteiger partial charge in [0.05, 0.1) is 5.56 Å². The molecule has 4 rings (SSSR count). The third-order valence-corrected chi connectivity index (χ3v) is 9.46. The summed E-state index contributed by atoms with van der Waals surface area (Å²) in [4.78, 5) is 25.9. The smallest absolute Gasteiger partial charge is 0.253 e. The number of thiophene rings is 2. The lowest BCUT2D eigenvalue weighted by molar-refractivity contribution is -0.119. The highest BCUT2D eigenvalue weighted by molar-refractivity contribution is 7.91. The maximum Gasteiger partial charge on any atom is 0.253 e. The van der Waals surface area contributed by atoms with Crippen LogP contribution in [0.15, 0.2) is 21.7 Å². The van der Waals surface area contributed by atoms with Crippen LogP contribution >= 0.6 is 22.7 Å². The summed E-state index contributed by atoms with van der Waals surface area (Å²) in [6.07, 6.45) is 3.70. The molecule has 1 aliphatic heterocycles. The standard InChI is InChI=1S/C17H19N3O4S3/c18-15(21)14-10-4-1-6-12(10)26-17(14)19-16(22)11-5-2-8-20(11)27(23,24)13-7-3-9-25-13/h3,7,9,11H,1-2,4-6,8H2,(H2,18,21)(H,19,22). The van der Waals surface area contributed by atoms with Crippen molar-refractivity contribution in [2.24, 2.45) is 5.73 Å². The monoisotopic (exact) mass is 425 g/mol. The Morgan fingerprint density at radius 3 is 2.78 bits per heavy atom. The highest BCUT2D eigenvalue weighted by atomic mass is 32.2. The number of primary amides is 1. The van der Waals surface area contributed by atoms with E-state index in [2.05, 4.69) is 5.32 Å². The molecule has 27 heavy (non-hydrogen) atoms. The number of amides is 2. The zero-order valence-electron chi connectivity index (χ0n) is 14.4. The molecule has 0 saturated carbocycles. The van der Waals surface area contributed by atoms with Gasteiger partial charge in [0.25, 0.3) is 15.9 Å². The molecule has 7 nitrogen and oxygen atoms in total. The number of nitrogens with two attached hydrogens (primary N) is 1. The molecule has 1 fully saturated rings. The molecule has 0 spiro atoms. The number of fused-ring (bicyclic) bond motifs is 1. The maximum atomic E-state index is 12.9. The van der Waals surface area contributed by atoms with Gasteiger partial charge in [0.15, 0.2) is 0 Å². The second kappa shape index (κ2) is 7.01. The van der Waals surface area contributed by atoms with Gasteiger partial charge >= 0.3 is 0 Å². The van der Waals surface area contributed by atoms with E-state index >= 15 is 0 Å². The summed E-state index contributed by atoms with van der Waals surface area (Å²) in [5.74, 6) is -0.964. The zero-order chi connectivity index (χ0) is 19.2. The van der Waals surface area contributed by atoms with E-state index in [9.17, 15) is 18.0 Å². The Kier molecular flexibility index (Phi) is 4.83. The number of anilines is 1. The zero-order valence-corrected chi connectivity index (χ0v) is 16.9. The number of nitrogens with zero attached hydrogens (tertiary/aromatic N) is 1. The third kappa shape index (κ3) is 3.20. The van der Waals surface area contributed by atoms with Crippen molar-refractivity contribution in [1.82, 2.24) is 4.31 Å². The number of hydrogen-bond acceptors (Lipinski definition) is 6. The summed E-state index contributed by atoms with van der Waals surface area (Å²) in [5, 5.41) is 4.93. The number of nitrogens with one attached hydrogen (secondary N) is 1. The molecule has 2 aliphatic rings. The molecule has 0 bridgehead atoms. The van der Waals surface area contributed by atoms with Crippen LogP contribution in [0.3, 0.4) is 0 Å². The fourth-order valence-electron chi connectivity index (χ4n) is 3.76. The van der Waals surface area contributed by atoms with Gasteiger partial charge in [-0.1, -0.05) is 6.07 Å². The van der Waals surface area contributed by atoms with E-state index in [1.54, 1.807) is 17.5 Å². The summed E-state index contributed by atoms with van der Waals surface area (Å²) in [5.41, 5.74) is 6.84. The quantitative estimate of drug-likeness (QED) is 0.765. The van der Waals surface area contributed by atoms with E-state index in [1.807, 2.05) is 0 Å². The summed E-state index contributed by atoms with van der Waals surface area (Å²) in [7, 11) is -3.70. The number of aryl methyl sites for hydroxylation is 1. The number of sulfonamides is 1. The highest BCUT2D eigenvalue weighted by Gasteiger charge is 2.40. The van der Waals surface area contributed by atoms with Crippen molar-refractivity contribution in [2.45, 2.75) is 42.4 Å². The Morgan fingerprint density at radius 1 is 1.26 bits per heavy atom. The fourth-order valence-corrected chi connectivity index (χ4v) is 7.84. The Hall–Kier alpha value is -1.75. The fraction of sp³-hybridized carbons (Fsp3) is 0.412. The summed E-state index contributed by atoms with van der Waals surface area (Å²) in [6, 6.07) is 2.44. The Morgan fingerprint density at radius 2 is 2.07 bits per heavy atom. The molecule has 2 aromatic rings. The second-order valence-electron chi connectivity index (χ2n) is 6.62. The molecule has 1 unspecified atom stereocenters. The lowest BCUT2D eigenvalue weighted by Crippen LogP contribution is -2.43. The van der Waals surface area contributed by atoms with Gasteiger partial charge in [0.2, 0.25) is 5.91 Å². The maximum absolute atomic E-state index is 12.9. The van der Waals surface area contributed by atoms with Gasteiger partial charge in [0.1, 0.15) is 15.3 Å². The predicted octanol–water partition coefficient (Wildman–Crippen LogP) is 2.19. The van der Waals surface area contributed by atoms with Crippen molar-refractivity contribution < 1.29 is 18.0 Å². The van der Waals surface area contributed by atoms with Crippen molar-refractivity contribution in [3.05, 3.63) is 33.5 Å². The predicted molar refractivity (Wildman–Crippen MR) is 105 cm³/mol. The molecule has 3 N–H and O–H groups in total. The van der Waals surface area contributed by atoms with Gasteiger partial charge in [0, 0.05) is 11.4 Å². The van der Waals surface area contributed by atoms with Crippen LogP contribution in [0.25, 0.3) is 0 Å². The van der Waals surface area contributed by atoms with Gasteiger partial charge < -0.3 is 11.1 Å². The third-order valence-electron chi connectivity index (χ3n) is 4.97. The first-order valence-corrected chi connectivity index (χ1v) is 11.8. The number of carbonyl (C=O) groups excluding carboxylic acids is 2. The SMILES string of the molecule is NC(=O)c1c(NC(=O)C2CCCN2S(=O)(=O)c2cccs2)sc2c1CCC2. The molecular weight excluding hydrogens is 406 g/mol. The van der Waals surface area contributed by atoms with Gasteiger partial charge in [-0.05, 0) is 49.1 Å². The molecule has 3 heterocycles. The van der Waals surface area contributed by atoms with Crippen molar-refractivity contribution in [3.63, 3.8) is 0 Å². The van der Waals surface area contributed by atoms with Crippen LogP contribution in [0, 0.1) is 0 Å². The lowest BCUT2D eigenvalue weighted by atomic mass is 10.1. The minimum Gasteiger partial charge on any atom is -0.365 e. The minimum atomic E-state index is -3.70. The first-order chi connectivity index (χ1) is 12.9. The molecule has 2 aromatic heterocycles. The largest absolute Gasteiger partial charge is 0.365 e. The van der Waals surface area contributed by atoms with Gasteiger partial charge in [-0.15, -0.1) is 22.7 Å². The number of carbonyl (C=O) groups is 2. The van der Waals surface area contributed by atoms with E-state index < -0.39 is 27.9 Å². The molecule has 0 aromatic carbocycles. The van der Waals surface area contributed by atoms with Crippen LogP contribution in [-0.4, -0.2) is 37.1 Å². The topological polar surface area (TPSA) is 110 Å². The van der Waals surface area contributed by atoms with Crippen molar-refractivity contribution in [1.29, 1.82) is 0 Å². The molecule has 1 atom stereocenters. The highest BCUT2D eigenvalue weighted by Crippen LogP contribution is 2.39. The van der Waals surface area contributed by atoms with Gasteiger partial charge in [-0.25, -0.2) is 8.42 Å². The van der Waals surface area contributed by atoms with Crippen molar-refractivity contribution >= 4 is 49.5 Å². The number of hydrogen-bond donors (Lipinski definition) is 2. The summed E-state index contributed by atoms with van der Waals surface area (Å²) >= 11 is 2.51. The Bertz CT molecular complexity index is 995. The van der Waals surface area contributed by atoms with Crippen LogP contribution in [0.2, 0.25) is 0 Å². The van der Waals surface area contributed by atoms with Crippen LogP contribution < -0.4 is 11.1 Å². The van der Waals surface area contributed by atoms with E-state index in [1.165, 1.54) is 15.6 Å². The van der Waals surface area contributed by atoms with Crippen LogP contribution in [0.5, 0.6) is 0 Å². The van der Waals surface area contributed by atoms with Crippen LogP contribution in [-0.2, 0) is 27.7 Å². The molecular formula is C17H19N3O4S3. The lowest BCUT2D eigenvalue weighted by Gasteiger charge is -2.22. The molecule has 2 amide bonds. The molecule has 10 heteroatoms. The van der Waals surface area contributed by atoms with E-state index in [0.717, 1.165) is 41.0 Å². The molecule has 1 aliphatic carbocycles. The first kappa shape index (κ1) is 18.6. The summed E-state index contributed by atoms with van der Waals surface area (Å²) < 4.78 is 27.2. The Balaban J connectivity index is 1.59. The van der Waals surface area contributed by atoms with E-state index in [-0.39, 0.29) is 4.21 Å².